The minimum absolute atomic E-state index is 0.248. The fourth-order valence-corrected chi connectivity index (χ4v) is 4.37. The standard InChI is InChI=1S/C23H22Cl3NO2/c24-23(25,26)15-29-22(28)27-13-11-18(12-14-27)21-19-7-3-1-5-16(19)9-10-17-6-2-4-8-20(17)21/h1-8H,9-15H2. The Hall–Kier alpha value is -1.68. The SMILES string of the molecule is O=C(OCC(Cl)(Cl)Cl)N1CCC(=C2c3ccccc3CCc3ccccc32)CC1. The van der Waals surface area contributed by atoms with Gasteiger partial charge in [0.2, 0.25) is 3.79 Å². The summed E-state index contributed by atoms with van der Waals surface area (Å²) in [5.74, 6) is 0. The van der Waals surface area contributed by atoms with Gasteiger partial charge >= 0.3 is 6.09 Å². The Bertz CT molecular complexity index is 890. The van der Waals surface area contributed by atoms with E-state index in [4.69, 9.17) is 39.5 Å². The van der Waals surface area contributed by atoms with E-state index in [0.717, 1.165) is 25.7 Å². The van der Waals surface area contributed by atoms with Crippen molar-refractivity contribution < 1.29 is 9.53 Å². The number of fused-ring (bicyclic) bond motifs is 2. The molecule has 152 valence electrons. The number of piperidine rings is 1. The highest BCUT2D eigenvalue weighted by Crippen LogP contribution is 2.38. The second-order valence-electron chi connectivity index (χ2n) is 7.45. The van der Waals surface area contributed by atoms with Crippen LogP contribution in [0, 0.1) is 0 Å². The van der Waals surface area contributed by atoms with Gasteiger partial charge in [-0.05, 0) is 53.5 Å². The molecule has 0 N–H and O–H groups in total. The molecule has 0 bridgehead atoms. The molecule has 0 saturated carbocycles. The van der Waals surface area contributed by atoms with Crippen LogP contribution in [0.2, 0.25) is 0 Å². The van der Waals surface area contributed by atoms with E-state index in [-0.39, 0.29) is 6.61 Å². The zero-order chi connectivity index (χ0) is 20.4. The molecule has 0 unspecified atom stereocenters. The fourth-order valence-electron chi connectivity index (χ4n) is 4.20. The summed E-state index contributed by atoms with van der Waals surface area (Å²) in [6, 6.07) is 17.3. The number of rotatable bonds is 1. The first kappa shape index (κ1) is 20.6. The molecule has 2 aromatic carbocycles. The number of amides is 1. The zero-order valence-corrected chi connectivity index (χ0v) is 18.2. The quantitative estimate of drug-likeness (QED) is 0.485. The second kappa shape index (κ2) is 8.59. The van der Waals surface area contributed by atoms with Crippen molar-refractivity contribution in [1.29, 1.82) is 0 Å². The summed E-state index contributed by atoms with van der Waals surface area (Å²) in [4.78, 5) is 14.0. The van der Waals surface area contributed by atoms with Gasteiger partial charge in [0.05, 0.1) is 0 Å². The minimum Gasteiger partial charge on any atom is -0.445 e. The molecule has 1 aliphatic heterocycles. The van der Waals surface area contributed by atoms with Crippen LogP contribution in [0.15, 0.2) is 54.1 Å². The Morgan fingerprint density at radius 3 is 1.90 bits per heavy atom. The average Bonchev–Trinajstić information content (AvgIpc) is 2.88. The maximum atomic E-state index is 12.3. The molecule has 2 aliphatic rings. The van der Waals surface area contributed by atoms with Gasteiger partial charge in [0, 0.05) is 13.1 Å². The number of halogens is 3. The highest BCUT2D eigenvalue weighted by atomic mass is 35.6. The van der Waals surface area contributed by atoms with Crippen molar-refractivity contribution in [3.05, 3.63) is 76.4 Å². The number of nitrogens with zero attached hydrogens (tertiary/aromatic N) is 1. The van der Waals surface area contributed by atoms with E-state index in [9.17, 15) is 4.79 Å². The van der Waals surface area contributed by atoms with Crippen LogP contribution < -0.4 is 0 Å². The van der Waals surface area contributed by atoms with Gasteiger partial charge in [0.1, 0.15) is 6.61 Å². The summed E-state index contributed by atoms with van der Waals surface area (Å²) in [5.41, 5.74) is 8.13. The van der Waals surface area contributed by atoms with Crippen LogP contribution in [0.5, 0.6) is 0 Å². The number of carbonyl (C=O) groups is 1. The van der Waals surface area contributed by atoms with Gasteiger partial charge in [-0.2, -0.15) is 0 Å². The van der Waals surface area contributed by atoms with E-state index >= 15 is 0 Å². The van der Waals surface area contributed by atoms with Crippen LogP contribution in [-0.4, -0.2) is 34.5 Å². The number of carbonyl (C=O) groups excluding carboxylic acids is 1. The molecule has 1 saturated heterocycles. The van der Waals surface area contributed by atoms with Crippen molar-refractivity contribution >= 4 is 46.5 Å². The molecule has 0 atom stereocenters. The predicted molar refractivity (Wildman–Crippen MR) is 119 cm³/mol. The second-order valence-corrected chi connectivity index (χ2v) is 9.97. The monoisotopic (exact) mass is 449 g/mol. The lowest BCUT2D eigenvalue weighted by Gasteiger charge is -2.30. The molecule has 4 rings (SSSR count). The third kappa shape index (κ3) is 4.74. The largest absolute Gasteiger partial charge is 0.445 e. The molecule has 1 fully saturated rings. The van der Waals surface area contributed by atoms with Crippen molar-refractivity contribution in [1.82, 2.24) is 4.90 Å². The summed E-state index contributed by atoms with van der Waals surface area (Å²) in [6.07, 6.45) is 3.27. The molecule has 3 nitrogen and oxygen atoms in total. The van der Waals surface area contributed by atoms with E-state index in [2.05, 4.69) is 48.5 Å². The molecule has 1 heterocycles. The Morgan fingerprint density at radius 2 is 1.38 bits per heavy atom. The molecule has 0 radical (unpaired) electrons. The number of ether oxygens (including phenoxy) is 1. The van der Waals surface area contributed by atoms with E-state index in [0.29, 0.717) is 13.1 Å². The van der Waals surface area contributed by atoms with Gasteiger partial charge in [-0.15, -0.1) is 0 Å². The molecular weight excluding hydrogens is 429 g/mol. The Balaban J connectivity index is 1.61. The van der Waals surface area contributed by atoms with Crippen molar-refractivity contribution in [3.8, 4) is 0 Å². The molecule has 0 aromatic heterocycles. The number of aryl methyl sites for hydroxylation is 2. The Labute approximate surface area is 186 Å². The van der Waals surface area contributed by atoms with Crippen molar-refractivity contribution in [2.24, 2.45) is 0 Å². The summed E-state index contributed by atoms with van der Waals surface area (Å²) < 4.78 is 3.54. The lowest BCUT2D eigenvalue weighted by molar-refractivity contribution is 0.101. The summed E-state index contributed by atoms with van der Waals surface area (Å²) in [5, 5.41) is 0. The number of alkyl halides is 3. The first-order chi connectivity index (χ1) is 13.9. The van der Waals surface area contributed by atoms with Crippen LogP contribution in [0.3, 0.4) is 0 Å². The number of benzene rings is 2. The molecule has 0 spiro atoms. The van der Waals surface area contributed by atoms with Crippen molar-refractivity contribution in [2.45, 2.75) is 29.5 Å². The molecule has 29 heavy (non-hydrogen) atoms. The first-order valence-electron chi connectivity index (χ1n) is 9.79. The van der Waals surface area contributed by atoms with Gasteiger partial charge in [-0.3, -0.25) is 0 Å². The van der Waals surface area contributed by atoms with Crippen molar-refractivity contribution in [3.63, 3.8) is 0 Å². The van der Waals surface area contributed by atoms with Crippen LogP contribution in [-0.2, 0) is 17.6 Å². The van der Waals surface area contributed by atoms with E-state index in [1.54, 1.807) is 4.90 Å². The fraction of sp³-hybridized carbons (Fsp3) is 0.348. The van der Waals surface area contributed by atoms with Crippen LogP contribution in [0.1, 0.15) is 35.1 Å². The Morgan fingerprint density at radius 1 is 0.862 bits per heavy atom. The van der Waals surface area contributed by atoms with Gasteiger partial charge in [-0.1, -0.05) is 88.9 Å². The van der Waals surface area contributed by atoms with Gasteiger partial charge in [-0.25, -0.2) is 4.79 Å². The lowest BCUT2D eigenvalue weighted by Crippen LogP contribution is -2.38. The van der Waals surface area contributed by atoms with Gasteiger partial charge in [0.15, 0.2) is 0 Å². The summed E-state index contributed by atoms with van der Waals surface area (Å²) >= 11 is 17.0. The van der Waals surface area contributed by atoms with E-state index in [1.807, 2.05) is 0 Å². The van der Waals surface area contributed by atoms with Crippen LogP contribution in [0.4, 0.5) is 4.79 Å². The van der Waals surface area contributed by atoms with Crippen molar-refractivity contribution in [2.75, 3.05) is 19.7 Å². The molecule has 1 aliphatic carbocycles. The molecule has 6 heteroatoms. The maximum Gasteiger partial charge on any atom is 0.409 e. The maximum absolute atomic E-state index is 12.3. The molecule has 1 amide bonds. The van der Waals surface area contributed by atoms with E-state index < -0.39 is 9.89 Å². The van der Waals surface area contributed by atoms with Gasteiger partial charge in [0.25, 0.3) is 0 Å². The van der Waals surface area contributed by atoms with E-state index in [1.165, 1.54) is 33.4 Å². The molecular formula is C23H22Cl3NO2. The zero-order valence-electron chi connectivity index (χ0n) is 16.0. The number of hydrogen-bond donors (Lipinski definition) is 0. The van der Waals surface area contributed by atoms with Crippen LogP contribution in [0.25, 0.3) is 5.57 Å². The normalized spacial score (nSPS) is 16.7. The number of likely N-dealkylation sites (tertiary alicyclic amines) is 1. The topological polar surface area (TPSA) is 29.5 Å². The van der Waals surface area contributed by atoms with Gasteiger partial charge < -0.3 is 9.64 Å². The highest BCUT2D eigenvalue weighted by Gasteiger charge is 2.28. The highest BCUT2D eigenvalue weighted by molar-refractivity contribution is 6.67. The van der Waals surface area contributed by atoms with Crippen LogP contribution >= 0.6 is 34.8 Å². The molecule has 2 aromatic rings. The lowest BCUT2D eigenvalue weighted by atomic mass is 9.86. The Kier molecular flexibility index (Phi) is 6.10. The average molecular weight is 451 g/mol. The third-order valence-corrected chi connectivity index (χ3v) is 5.90. The smallest absolute Gasteiger partial charge is 0.409 e. The minimum atomic E-state index is -1.59. The number of hydrogen-bond acceptors (Lipinski definition) is 2. The third-order valence-electron chi connectivity index (χ3n) is 5.58. The first-order valence-corrected chi connectivity index (χ1v) is 10.9. The predicted octanol–water partition coefficient (Wildman–Crippen LogP) is 6.19. The summed E-state index contributed by atoms with van der Waals surface area (Å²) in [7, 11) is 0. The summed E-state index contributed by atoms with van der Waals surface area (Å²) in [6.45, 7) is 0.950.